The van der Waals surface area contributed by atoms with Crippen molar-refractivity contribution in [1.29, 1.82) is 0 Å². The van der Waals surface area contributed by atoms with Crippen LogP contribution in [-0.4, -0.2) is 11.6 Å². The van der Waals surface area contributed by atoms with E-state index in [9.17, 15) is 9.59 Å². The zero-order valence-corrected chi connectivity index (χ0v) is 17.7. The summed E-state index contributed by atoms with van der Waals surface area (Å²) in [6.45, 7) is 12.8. The van der Waals surface area contributed by atoms with Gasteiger partial charge in [-0.25, -0.2) is 0 Å². The van der Waals surface area contributed by atoms with Crippen LogP contribution in [0.2, 0.25) is 0 Å². The molecule has 0 unspecified atom stereocenters. The first-order valence-corrected chi connectivity index (χ1v) is 10.3. The number of carbonyl (C=O) groups excluding carboxylic acids is 2. The fourth-order valence-electron chi connectivity index (χ4n) is 5.60. The smallest absolute Gasteiger partial charge is 0.210 e. The van der Waals surface area contributed by atoms with Gasteiger partial charge in [0.05, 0.1) is 11.3 Å². The Morgan fingerprint density at radius 2 is 1.61 bits per heavy atom. The summed E-state index contributed by atoms with van der Waals surface area (Å²) in [4.78, 5) is 26.8. The highest BCUT2D eigenvalue weighted by Gasteiger charge is 2.67. The lowest BCUT2D eigenvalue weighted by atomic mass is 9.43. The molecule has 0 aliphatic heterocycles. The SMILES string of the molecule is CC(C)(C)C1=C[C@@]2(C(C)(C)C)C(=O)C(=O)[C@@H]1[C@@H]1/C(=C/c3ccccc3)C=C[C@@H]12. The van der Waals surface area contributed by atoms with E-state index in [1.807, 2.05) is 18.2 Å². The number of Topliss-reactive ketones (excluding diaryl/α,β-unsaturated/α-hetero) is 2. The average molecular weight is 375 g/mol. The Morgan fingerprint density at radius 3 is 2.18 bits per heavy atom. The third kappa shape index (κ3) is 2.46. The minimum Gasteiger partial charge on any atom is -0.290 e. The van der Waals surface area contributed by atoms with E-state index in [-0.39, 0.29) is 40.2 Å². The molecule has 0 saturated heterocycles. The Bertz CT molecular complexity index is 931. The van der Waals surface area contributed by atoms with Crippen molar-refractivity contribution >= 4 is 17.6 Å². The molecule has 146 valence electrons. The van der Waals surface area contributed by atoms with Gasteiger partial charge in [-0.2, -0.15) is 0 Å². The van der Waals surface area contributed by atoms with Crippen LogP contribution in [0.4, 0.5) is 0 Å². The predicted octanol–water partition coefficient (Wildman–Crippen LogP) is 5.66. The highest BCUT2D eigenvalue weighted by Crippen LogP contribution is 2.65. The Morgan fingerprint density at radius 1 is 0.964 bits per heavy atom. The van der Waals surface area contributed by atoms with E-state index in [0.29, 0.717) is 0 Å². The van der Waals surface area contributed by atoms with Gasteiger partial charge in [-0.1, -0.05) is 102 Å². The van der Waals surface area contributed by atoms with Crippen LogP contribution in [0.1, 0.15) is 47.1 Å². The van der Waals surface area contributed by atoms with Crippen LogP contribution in [0.3, 0.4) is 0 Å². The van der Waals surface area contributed by atoms with Gasteiger partial charge in [0.2, 0.25) is 11.6 Å². The van der Waals surface area contributed by atoms with Crippen LogP contribution in [0, 0.1) is 34.0 Å². The van der Waals surface area contributed by atoms with Gasteiger partial charge in [-0.15, -0.1) is 0 Å². The molecule has 2 nitrogen and oxygen atoms in total. The zero-order valence-electron chi connectivity index (χ0n) is 17.7. The molecule has 28 heavy (non-hydrogen) atoms. The predicted molar refractivity (Wildman–Crippen MR) is 113 cm³/mol. The van der Waals surface area contributed by atoms with Crippen LogP contribution < -0.4 is 0 Å². The summed E-state index contributed by atoms with van der Waals surface area (Å²) in [6.07, 6.45) is 8.73. The fraction of sp³-hybridized carbons (Fsp3) is 0.462. The molecule has 1 aromatic rings. The molecule has 2 heteroatoms. The number of carbonyl (C=O) groups is 2. The average Bonchev–Trinajstić information content (AvgIpc) is 3.02. The van der Waals surface area contributed by atoms with Crippen molar-refractivity contribution in [1.82, 2.24) is 0 Å². The van der Waals surface area contributed by atoms with Crippen molar-refractivity contribution < 1.29 is 9.59 Å². The van der Waals surface area contributed by atoms with Gasteiger partial charge >= 0.3 is 0 Å². The standard InChI is InChI=1S/C26H30O2/c1-24(2,3)19-15-26(25(4,5)6)18-13-12-17(14-16-10-8-7-9-11-16)20(18)21(19)22(27)23(26)28/h7-15,18,20-21H,1-6H3/b17-14+/t18-,20+,21-,26-/m0/s1. The van der Waals surface area contributed by atoms with E-state index in [1.54, 1.807) is 0 Å². The quantitative estimate of drug-likeness (QED) is 0.469. The molecule has 4 aliphatic carbocycles. The molecule has 0 heterocycles. The Kier molecular flexibility index (Phi) is 4.02. The number of hydrogen-bond donors (Lipinski definition) is 0. The van der Waals surface area contributed by atoms with Gasteiger partial charge in [0, 0.05) is 11.8 Å². The van der Waals surface area contributed by atoms with Crippen molar-refractivity contribution in [3.8, 4) is 0 Å². The lowest BCUT2D eigenvalue weighted by Crippen LogP contribution is -2.63. The first-order chi connectivity index (χ1) is 13.0. The first kappa shape index (κ1) is 19.1. The Balaban J connectivity index is 1.95. The molecule has 1 fully saturated rings. The molecule has 0 aromatic heterocycles. The van der Waals surface area contributed by atoms with Crippen molar-refractivity contribution in [3.63, 3.8) is 0 Å². The van der Waals surface area contributed by atoms with Crippen LogP contribution >= 0.6 is 0 Å². The Labute approximate surface area is 168 Å². The minimum absolute atomic E-state index is 0.0452. The highest BCUT2D eigenvalue weighted by atomic mass is 16.2. The third-order valence-electron chi connectivity index (χ3n) is 6.99. The molecule has 2 bridgehead atoms. The number of benzene rings is 1. The molecule has 0 radical (unpaired) electrons. The Hall–Kier alpha value is -2.22. The summed E-state index contributed by atoms with van der Waals surface area (Å²) in [6, 6.07) is 10.2. The molecular weight excluding hydrogens is 344 g/mol. The van der Waals surface area contributed by atoms with Crippen molar-refractivity contribution in [2.75, 3.05) is 0 Å². The van der Waals surface area contributed by atoms with Crippen LogP contribution in [0.15, 0.2) is 59.7 Å². The molecule has 0 spiro atoms. The minimum atomic E-state index is -0.769. The summed E-state index contributed by atoms with van der Waals surface area (Å²) in [5, 5.41) is 0. The summed E-state index contributed by atoms with van der Waals surface area (Å²) >= 11 is 0. The van der Waals surface area contributed by atoms with E-state index in [0.717, 1.165) is 11.1 Å². The van der Waals surface area contributed by atoms with E-state index < -0.39 is 5.41 Å². The van der Waals surface area contributed by atoms with Crippen molar-refractivity contribution in [2.45, 2.75) is 41.5 Å². The summed E-state index contributed by atoms with van der Waals surface area (Å²) in [5.74, 6) is -0.629. The maximum atomic E-state index is 13.4. The maximum Gasteiger partial charge on any atom is 0.210 e. The maximum absolute atomic E-state index is 13.4. The second-order valence-corrected chi connectivity index (χ2v) is 10.6. The van der Waals surface area contributed by atoms with Crippen molar-refractivity contribution in [2.24, 2.45) is 34.0 Å². The number of fused-ring (bicyclic) bond motifs is 1. The molecule has 4 aliphatic rings. The number of rotatable bonds is 1. The molecule has 1 saturated carbocycles. The molecule has 5 rings (SSSR count). The zero-order chi connectivity index (χ0) is 20.5. The fourth-order valence-corrected chi connectivity index (χ4v) is 5.60. The monoisotopic (exact) mass is 374 g/mol. The van der Waals surface area contributed by atoms with Gasteiger partial charge < -0.3 is 0 Å². The molecule has 0 N–H and O–H groups in total. The highest BCUT2D eigenvalue weighted by molar-refractivity contribution is 6.43. The molecule has 1 aromatic carbocycles. The summed E-state index contributed by atoms with van der Waals surface area (Å²) < 4.78 is 0. The van der Waals surface area contributed by atoms with E-state index in [2.05, 4.69) is 78.0 Å². The van der Waals surface area contributed by atoms with Gasteiger partial charge in [-0.05, 0) is 22.0 Å². The van der Waals surface area contributed by atoms with E-state index in [4.69, 9.17) is 0 Å². The van der Waals surface area contributed by atoms with Gasteiger partial charge in [-0.3, -0.25) is 9.59 Å². The second-order valence-electron chi connectivity index (χ2n) is 10.6. The van der Waals surface area contributed by atoms with Gasteiger partial charge in [0.1, 0.15) is 0 Å². The van der Waals surface area contributed by atoms with Gasteiger partial charge in [0.15, 0.2) is 0 Å². The number of allylic oxidation sites excluding steroid dienone is 5. The summed E-state index contributed by atoms with van der Waals surface area (Å²) in [5.41, 5.74) is 2.19. The third-order valence-corrected chi connectivity index (χ3v) is 6.99. The lowest BCUT2D eigenvalue weighted by Gasteiger charge is -2.58. The number of hydrogen-bond acceptors (Lipinski definition) is 2. The van der Waals surface area contributed by atoms with E-state index >= 15 is 0 Å². The molecule has 4 atom stereocenters. The second kappa shape index (κ2) is 5.89. The lowest BCUT2D eigenvalue weighted by molar-refractivity contribution is -0.157. The normalized spacial score (nSPS) is 33.4. The van der Waals surface area contributed by atoms with Crippen LogP contribution in [-0.2, 0) is 9.59 Å². The first-order valence-electron chi connectivity index (χ1n) is 10.3. The van der Waals surface area contributed by atoms with Crippen LogP contribution in [0.25, 0.3) is 6.08 Å². The number of ketones is 2. The topological polar surface area (TPSA) is 34.1 Å². The van der Waals surface area contributed by atoms with Crippen molar-refractivity contribution in [3.05, 3.63) is 65.3 Å². The largest absolute Gasteiger partial charge is 0.290 e. The van der Waals surface area contributed by atoms with E-state index in [1.165, 1.54) is 5.57 Å². The molecular formula is C26H30O2. The summed E-state index contributed by atoms with van der Waals surface area (Å²) in [7, 11) is 0. The van der Waals surface area contributed by atoms with Crippen LogP contribution in [0.5, 0.6) is 0 Å². The molecule has 0 amide bonds. The van der Waals surface area contributed by atoms with Gasteiger partial charge in [0.25, 0.3) is 0 Å².